The third-order valence-corrected chi connectivity index (χ3v) is 17.3. The Morgan fingerprint density at radius 3 is 2.60 bits per heavy atom. The second-order valence-corrected chi connectivity index (χ2v) is 20.0. The molecule has 0 aromatic carbocycles. The van der Waals surface area contributed by atoms with E-state index in [9.17, 15) is 40.2 Å². The Labute approximate surface area is 340 Å². The largest absolute Gasteiger partial charge is 0.481 e. The van der Waals surface area contributed by atoms with Crippen molar-refractivity contribution in [1.82, 2.24) is 4.98 Å². The van der Waals surface area contributed by atoms with Crippen molar-refractivity contribution in [2.24, 2.45) is 29.6 Å². The van der Waals surface area contributed by atoms with E-state index in [1.165, 1.54) is 43.2 Å². The number of carboxylic acids is 1. The molecule has 1 spiro atoms. The van der Waals surface area contributed by atoms with E-state index in [0.29, 0.717) is 35.2 Å². The molecular weight excluding hydrogens is 775 g/mol. The number of carbonyl (C=O) groups excluding carboxylic acids is 1. The summed E-state index contributed by atoms with van der Waals surface area (Å²) in [4.78, 5) is 28.7. The Morgan fingerprint density at radius 2 is 1.91 bits per heavy atom. The summed E-state index contributed by atoms with van der Waals surface area (Å²) in [5.74, 6) is -4.45. The zero-order chi connectivity index (χ0) is 40.5. The molecule has 15 heteroatoms. The van der Waals surface area contributed by atoms with Gasteiger partial charge in [-0.3, -0.25) is 4.79 Å². The van der Waals surface area contributed by atoms with Crippen molar-refractivity contribution < 1.29 is 59.2 Å². The minimum Gasteiger partial charge on any atom is -0.481 e. The zero-order valence-corrected chi connectivity index (χ0v) is 34.3. The first-order valence-corrected chi connectivity index (χ1v) is 23.0. The van der Waals surface area contributed by atoms with Crippen LogP contribution in [0.2, 0.25) is 0 Å². The number of hydrogen-bond acceptors (Lipinski definition) is 13. The van der Waals surface area contributed by atoms with Crippen molar-refractivity contribution in [3.63, 3.8) is 0 Å². The van der Waals surface area contributed by atoms with E-state index >= 15 is 0 Å². The number of carbonyl (C=O) groups is 2. The SMILES string of the molecule is C=CC1C(OC23OC4(CO)C(CSSCC(CO)CC5=c6[nH]c(C(C)C7CCCCC7)cc6=C6CCC2(O)C(O)C64O5)CC3O)CC=C(C(=O)OC)C1CC(=O)O. The van der Waals surface area contributed by atoms with Gasteiger partial charge < -0.3 is 54.6 Å². The number of methoxy groups -OCH3 is 1. The number of aliphatic hydroxyl groups excluding tert-OH is 4. The van der Waals surface area contributed by atoms with Crippen LogP contribution in [0.15, 0.2) is 30.4 Å². The number of nitrogens with one attached hydrogen (secondary N) is 1. The lowest BCUT2D eigenvalue weighted by Crippen LogP contribution is -2.91. The molecule has 3 saturated heterocycles. The maximum Gasteiger partial charge on any atom is 0.333 e. The molecule has 4 aliphatic heterocycles. The average molecular weight is 832 g/mol. The number of H-pyrrole nitrogens is 1. The van der Waals surface area contributed by atoms with Gasteiger partial charge in [-0.1, -0.05) is 59.9 Å². The Bertz CT molecular complexity index is 1910. The van der Waals surface area contributed by atoms with Gasteiger partial charge in [0.25, 0.3) is 0 Å². The molecule has 0 amide bonds. The predicted molar refractivity (Wildman–Crippen MR) is 213 cm³/mol. The number of esters is 1. The maximum absolute atomic E-state index is 13.2. The molecule has 13 nitrogen and oxygen atoms in total. The summed E-state index contributed by atoms with van der Waals surface area (Å²) in [6.45, 7) is 5.47. The number of aromatic amines is 1. The van der Waals surface area contributed by atoms with E-state index in [0.717, 1.165) is 29.1 Å². The topological polar surface area (TPSA) is 208 Å². The van der Waals surface area contributed by atoms with Crippen LogP contribution in [0.25, 0.3) is 11.3 Å². The van der Waals surface area contributed by atoms with Crippen LogP contribution in [0.5, 0.6) is 0 Å². The van der Waals surface area contributed by atoms with Gasteiger partial charge in [0.05, 0.1) is 31.6 Å². The van der Waals surface area contributed by atoms with Crippen molar-refractivity contribution in [1.29, 1.82) is 0 Å². The Morgan fingerprint density at radius 1 is 1.16 bits per heavy atom. The van der Waals surface area contributed by atoms with Crippen LogP contribution < -0.4 is 10.6 Å². The second kappa shape index (κ2) is 15.6. The van der Waals surface area contributed by atoms with Crippen LogP contribution in [-0.4, -0.2) is 120 Å². The van der Waals surface area contributed by atoms with E-state index < -0.39 is 83.6 Å². The van der Waals surface area contributed by atoms with Gasteiger partial charge in [0, 0.05) is 58.8 Å². The first-order valence-electron chi connectivity index (χ1n) is 20.5. The highest BCUT2D eigenvalue weighted by atomic mass is 33.1. The van der Waals surface area contributed by atoms with E-state index in [2.05, 4.69) is 24.6 Å². The number of hydrogen-bond donors (Lipinski definition) is 7. The number of aliphatic carboxylic acids is 1. The van der Waals surface area contributed by atoms with E-state index in [1.807, 2.05) is 0 Å². The molecule has 5 bridgehead atoms. The standard InChI is InChI=1S/C42H57NO12S2/c1-4-26-28(17-35(47)48)27(37(49)52-3)10-11-32(26)54-42-34(46)15-25-20-57-56-19-23(18-44)14-33-36-29(16-31(43-36)22(2)24-8-6-5-7-9-24)30-12-13-39(42,51)38(50)41(30,53-33)40(25,21-45)55-42/h4,10,16,22-26,28,32,34,38,43-46,50-51H,1,5-9,11-15,17-21H2,2-3H3,(H,47,48). The number of rotatable bonds is 10. The second-order valence-electron chi connectivity index (χ2n) is 17.4. The van der Waals surface area contributed by atoms with Crippen molar-refractivity contribution >= 4 is 44.9 Å². The fraction of sp³-hybridized carbons (Fsp3) is 0.714. The quantitative estimate of drug-likeness (QED) is 0.103. The number of carboxylic acid groups (broad SMARTS) is 1. The van der Waals surface area contributed by atoms with Crippen molar-refractivity contribution in [2.45, 2.75) is 124 Å². The molecule has 12 atom stereocenters. The summed E-state index contributed by atoms with van der Waals surface area (Å²) < 4.78 is 26.3. The number of fused-ring (bicyclic) bond motifs is 5. The van der Waals surface area contributed by atoms with E-state index in [1.54, 1.807) is 16.9 Å². The fourth-order valence-electron chi connectivity index (χ4n) is 11.6. The van der Waals surface area contributed by atoms with Gasteiger partial charge in [-0.25, -0.2) is 4.79 Å². The predicted octanol–water partition coefficient (Wildman–Crippen LogP) is 2.63. The first-order chi connectivity index (χ1) is 27.3. The summed E-state index contributed by atoms with van der Waals surface area (Å²) in [6.07, 6.45) is 4.79. The molecule has 1 aromatic heterocycles. The van der Waals surface area contributed by atoms with Crippen LogP contribution in [0, 0.1) is 29.6 Å². The molecule has 57 heavy (non-hydrogen) atoms. The molecule has 314 valence electrons. The molecular formula is C42H57NO12S2. The van der Waals surface area contributed by atoms with Crippen LogP contribution in [0.4, 0.5) is 0 Å². The molecule has 8 rings (SSSR count). The monoisotopic (exact) mass is 831 g/mol. The van der Waals surface area contributed by atoms with Crippen molar-refractivity contribution in [3.05, 3.63) is 46.6 Å². The highest BCUT2D eigenvalue weighted by Crippen LogP contribution is 2.67. The Kier molecular flexibility index (Phi) is 11.3. The summed E-state index contributed by atoms with van der Waals surface area (Å²) in [6, 6.07) is 2.16. The van der Waals surface area contributed by atoms with Gasteiger partial charge in [-0.05, 0) is 67.9 Å². The third-order valence-electron chi connectivity index (χ3n) is 14.7. The molecule has 1 aromatic rings. The molecule has 7 N–H and O–H groups in total. The lowest BCUT2D eigenvalue weighted by molar-refractivity contribution is -0.494. The fourth-order valence-corrected chi connectivity index (χ4v) is 14.5. The smallest absolute Gasteiger partial charge is 0.333 e. The molecule has 3 aliphatic carbocycles. The Hall–Kier alpha value is -2.34. The minimum atomic E-state index is -2.31. The van der Waals surface area contributed by atoms with Crippen LogP contribution in [0.1, 0.15) is 89.2 Å². The maximum atomic E-state index is 13.2. The van der Waals surface area contributed by atoms with Crippen molar-refractivity contribution in [3.8, 4) is 0 Å². The summed E-state index contributed by atoms with van der Waals surface area (Å²) >= 11 is 0. The molecule has 12 unspecified atom stereocenters. The van der Waals surface area contributed by atoms with E-state index in [-0.39, 0.29) is 49.7 Å². The Balaban J connectivity index is 1.30. The summed E-state index contributed by atoms with van der Waals surface area (Å²) in [5, 5.41) is 72.6. The lowest BCUT2D eigenvalue weighted by atomic mass is 9.50. The van der Waals surface area contributed by atoms with Crippen LogP contribution in [-0.2, 0) is 28.5 Å². The zero-order valence-electron chi connectivity index (χ0n) is 32.7. The number of aromatic nitrogens is 1. The molecule has 2 saturated carbocycles. The lowest BCUT2D eigenvalue weighted by Gasteiger charge is -2.72. The minimum absolute atomic E-state index is 0.0114. The molecule has 7 aliphatic rings. The molecule has 0 radical (unpaired) electrons. The van der Waals surface area contributed by atoms with Crippen molar-refractivity contribution in [2.75, 3.05) is 31.8 Å². The molecule has 5 heterocycles. The van der Waals surface area contributed by atoms with Gasteiger partial charge >= 0.3 is 11.9 Å². The number of ether oxygens (including phenoxy) is 4. The van der Waals surface area contributed by atoms with Gasteiger partial charge in [0.2, 0.25) is 5.79 Å². The molecule has 5 fully saturated rings. The normalized spacial score (nSPS) is 40.9. The van der Waals surface area contributed by atoms with Gasteiger partial charge in [-0.2, -0.15) is 0 Å². The summed E-state index contributed by atoms with van der Waals surface area (Å²) in [7, 11) is 4.34. The average Bonchev–Trinajstić information content (AvgIpc) is 3.65. The van der Waals surface area contributed by atoms with Gasteiger partial charge in [-0.15, -0.1) is 6.58 Å². The third kappa shape index (κ3) is 6.14. The summed E-state index contributed by atoms with van der Waals surface area (Å²) in [5.41, 5.74) is -3.94. The highest BCUT2D eigenvalue weighted by molar-refractivity contribution is 8.76. The van der Waals surface area contributed by atoms with Crippen LogP contribution in [0.3, 0.4) is 0 Å². The highest BCUT2D eigenvalue weighted by Gasteiger charge is 2.84. The van der Waals surface area contributed by atoms with Crippen LogP contribution >= 0.6 is 21.6 Å². The number of aliphatic hydroxyl groups is 5. The van der Waals surface area contributed by atoms with Gasteiger partial charge in [0.15, 0.2) is 11.2 Å². The first kappa shape index (κ1) is 41.4. The van der Waals surface area contributed by atoms with E-state index in [4.69, 9.17) is 18.9 Å². The van der Waals surface area contributed by atoms with Gasteiger partial charge in [0.1, 0.15) is 23.6 Å².